The number of aromatic nitrogens is 3. The molecule has 0 saturated carbocycles. The van der Waals surface area contributed by atoms with Crippen LogP contribution in [0.1, 0.15) is 31.4 Å². The molecule has 5 heteroatoms. The number of piperidine rings is 1. The lowest BCUT2D eigenvalue weighted by molar-refractivity contribution is -0.122. The minimum atomic E-state index is 0.271. The van der Waals surface area contributed by atoms with Crippen molar-refractivity contribution in [2.24, 2.45) is 13.0 Å². The van der Waals surface area contributed by atoms with Crippen molar-refractivity contribution in [3.05, 3.63) is 11.6 Å². The molecule has 1 fully saturated rings. The van der Waals surface area contributed by atoms with E-state index in [9.17, 15) is 4.79 Å². The van der Waals surface area contributed by atoms with E-state index in [1.54, 1.807) is 6.92 Å². The molecule has 0 amide bonds. The summed E-state index contributed by atoms with van der Waals surface area (Å²) in [4.78, 5) is 13.6. The molecule has 0 N–H and O–H groups in total. The highest BCUT2D eigenvalue weighted by molar-refractivity contribution is 5.78. The lowest BCUT2D eigenvalue weighted by Crippen LogP contribution is -2.35. The van der Waals surface area contributed by atoms with Gasteiger partial charge >= 0.3 is 0 Å². The standard InChI is InChI=1S/C12H20N4O/c1-9(17)11-4-6-16(7-5-11)8-12-14-13-10(2)15(12)3/h11H,4-8H2,1-3H3. The molecule has 2 heterocycles. The van der Waals surface area contributed by atoms with Crippen LogP contribution < -0.4 is 0 Å². The van der Waals surface area contributed by atoms with Gasteiger partial charge in [-0.1, -0.05) is 0 Å². The molecule has 1 aromatic heterocycles. The van der Waals surface area contributed by atoms with Gasteiger partial charge in [-0.2, -0.15) is 0 Å². The van der Waals surface area contributed by atoms with Crippen LogP contribution in [-0.2, 0) is 18.4 Å². The molecule has 0 bridgehead atoms. The summed E-state index contributed by atoms with van der Waals surface area (Å²) in [6, 6.07) is 0. The third-order valence-electron chi connectivity index (χ3n) is 3.71. The Morgan fingerprint density at radius 2 is 2.00 bits per heavy atom. The van der Waals surface area contributed by atoms with E-state index in [2.05, 4.69) is 15.1 Å². The molecule has 0 unspecified atom stereocenters. The van der Waals surface area contributed by atoms with Gasteiger partial charge in [0.25, 0.3) is 0 Å². The Bertz CT molecular complexity index is 405. The van der Waals surface area contributed by atoms with Crippen LogP contribution in [0, 0.1) is 12.8 Å². The summed E-state index contributed by atoms with van der Waals surface area (Å²) in [6.45, 7) is 6.46. The summed E-state index contributed by atoms with van der Waals surface area (Å²) < 4.78 is 2.02. The van der Waals surface area contributed by atoms with Gasteiger partial charge in [0.15, 0.2) is 0 Å². The maximum atomic E-state index is 11.3. The Balaban J connectivity index is 1.90. The minimum absolute atomic E-state index is 0.271. The van der Waals surface area contributed by atoms with Crippen molar-refractivity contribution in [1.82, 2.24) is 19.7 Å². The Labute approximate surface area is 102 Å². The monoisotopic (exact) mass is 236 g/mol. The van der Waals surface area contributed by atoms with Crippen LogP contribution in [-0.4, -0.2) is 38.5 Å². The number of carbonyl (C=O) groups is 1. The fraction of sp³-hybridized carbons (Fsp3) is 0.750. The molecule has 5 nitrogen and oxygen atoms in total. The number of likely N-dealkylation sites (tertiary alicyclic amines) is 1. The van der Waals surface area contributed by atoms with E-state index in [4.69, 9.17) is 0 Å². The van der Waals surface area contributed by atoms with Gasteiger partial charge in [0.2, 0.25) is 0 Å². The molecule has 0 aromatic carbocycles. The van der Waals surface area contributed by atoms with Gasteiger partial charge in [-0.25, -0.2) is 0 Å². The average Bonchev–Trinajstić information content (AvgIpc) is 2.62. The molecule has 2 rings (SSSR count). The summed E-state index contributed by atoms with van der Waals surface area (Å²) in [7, 11) is 1.99. The lowest BCUT2D eigenvalue weighted by atomic mass is 9.93. The van der Waals surface area contributed by atoms with Gasteiger partial charge in [0.1, 0.15) is 17.4 Å². The number of hydrogen-bond donors (Lipinski definition) is 0. The molecule has 17 heavy (non-hydrogen) atoms. The van der Waals surface area contributed by atoms with E-state index in [1.165, 1.54) is 0 Å². The summed E-state index contributed by atoms with van der Waals surface area (Å²) in [6.07, 6.45) is 1.96. The van der Waals surface area contributed by atoms with Crippen LogP contribution in [0.4, 0.5) is 0 Å². The Hall–Kier alpha value is -1.23. The largest absolute Gasteiger partial charge is 0.317 e. The molecule has 1 aliphatic heterocycles. The number of aryl methyl sites for hydroxylation is 1. The highest BCUT2D eigenvalue weighted by atomic mass is 16.1. The van der Waals surface area contributed by atoms with Crippen LogP contribution in [0.2, 0.25) is 0 Å². The molecule has 0 spiro atoms. The maximum Gasteiger partial charge on any atom is 0.146 e. The Morgan fingerprint density at radius 3 is 2.47 bits per heavy atom. The average molecular weight is 236 g/mol. The summed E-state index contributed by atoms with van der Waals surface area (Å²) >= 11 is 0. The fourth-order valence-corrected chi connectivity index (χ4v) is 2.29. The quantitative estimate of drug-likeness (QED) is 0.783. The summed E-state index contributed by atoms with van der Waals surface area (Å²) in [5.74, 6) is 2.55. The van der Waals surface area contributed by atoms with Crippen LogP contribution in [0.3, 0.4) is 0 Å². The van der Waals surface area contributed by atoms with Crippen molar-refractivity contribution >= 4 is 5.78 Å². The lowest BCUT2D eigenvalue weighted by Gasteiger charge is -2.30. The molecule has 1 aliphatic rings. The Kier molecular flexibility index (Phi) is 3.57. The molecule has 0 atom stereocenters. The maximum absolute atomic E-state index is 11.3. The van der Waals surface area contributed by atoms with Crippen LogP contribution >= 0.6 is 0 Å². The number of carbonyl (C=O) groups excluding carboxylic acids is 1. The predicted molar refractivity (Wildman–Crippen MR) is 64.4 cm³/mol. The summed E-state index contributed by atoms with van der Waals surface area (Å²) in [5, 5.41) is 8.22. The normalized spacial score (nSPS) is 18.5. The molecule has 0 radical (unpaired) electrons. The first kappa shape index (κ1) is 12.2. The third-order valence-corrected chi connectivity index (χ3v) is 3.71. The van der Waals surface area contributed by atoms with Crippen LogP contribution in [0.15, 0.2) is 0 Å². The third kappa shape index (κ3) is 2.72. The molecule has 0 aliphatic carbocycles. The SMILES string of the molecule is CC(=O)C1CCN(Cc2nnc(C)n2C)CC1. The second kappa shape index (κ2) is 4.96. The van der Waals surface area contributed by atoms with Crippen LogP contribution in [0.25, 0.3) is 0 Å². The van der Waals surface area contributed by atoms with E-state index in [0.717, 1.165) is 44.1 Å². The Morgan fingerprint density at radius 1 is 1.35 bits per heavy atom. The van der Waals surface area contributed by atoms with Crippen molar-refractivity contribution in [2.45, 2.75) is 33.2 Å². The van der Waals surface area contributed by atoms with Gasteiger partial charge < -0.3 is 4.57 Å². The zero-order chi connectivity index (χ0) is 12.4. The van der Waals surface area contributed by atoms with Crippen molar-refractivity contribution in [2.75, 3.05) is 13.1 Å². The number of ketones is 1. The number of hydrogen-bond acceptors (Lipinski definition) is 4. The van der Waals surface area contributed by atoms with E-state index >= 15 is 0 Å². The van der Waals surface area contributed by atoms with Gasteiger partial charge in [-0.3, -0.25) is 9.69 Å². The zero-order valence-electron chi connectivity index (χ0n) is 10.8. The number of rotatable bonds is 3. The second-order valence-electron chi connectivity index (χ2n) is 4.88. The molecule has 94 valence electrons. The van der Waals surface area contributed by atoms with E-state index < -0.39 is 0 Å². The van der Waals surface area contributed by atoms with Gasteiger partial charge in [-0.05, 0) is 39.8 Å². The van der Waals surface area contributed by atoms with Crippen molar-refractivity contribution in [3.8, 4) is 0 Å². The second-order valence-corrected chi connectivity index (χ2v) is 4.88. The van der Waals surface area contributed by atoms with Crippen LogP contribution in [0.5, 0.6) is 0 Å². The predicted octanol–water partition coefficient (Wildman–Crippen LogP) is 0.925. The van der Waals surface area contributed by atoms with Gasteiger partial charge in [0.05, 0.1) is 6.54 Å². The van der Waals surface area contributed by atoms with E-state index in [1.807, 2.05) is 18.5 Å². The fourth-order valence-electron chi connectivity index (χ4n) is 2.29. The molecule has 1 saturated heterocycles. The van der Waals surface area contributed by atoms with Gasteiger partial charge in [0, 0.05) is 13.0 Å². The topological polar surface area (TPSA) is 51.0 Å². The summed E-state index contributed by atoms with van der Waals surface area (Å²) in [5.41, 5.74) is 0. The first-order valence-corrected chi connectivity index (χ1v) is 6.15. The zero-order valence-corrected chi connectivity index (χ0v) is 10.8. The molecule has 1 aromatic rings. The van der Waals surface area contributed by atoms with E-state index in [-0.39, 0.29) is 5.92 Å². The first-order chi connectivity index (χ1) is 8.08. The van der Waals surface area contributed by atoms with Gasteiger partial charge in [-0.15, -0.1) is 10.2 Å². The number of nitrogens with zero attached hydrogens (tertiary/aromatic N) is 4. The highest BCUT2D eigenvalue weighted by Crippen LogP contribution is 2.19. The number of Topliss-reactive ketones (excluding diaryl/α,β-unsaturated/α-hetero) is 1. The van der Waals surface area contributed by atoms with Crippen molar-refractivity contribution < 1.29 is 4.79 Å². The highest BCUT2D eigenvalue weighted by Gasteiger charge is 2.23. The van der Waals surface area contributed by atoms with Crippen molar-refractivity contribution in [3.63, 3.8) is 0 Å². The van der Waals surface area contributed by atoms with Crippen molar-refractivity contribution in [1.29, 1.82) is 0 Å². The minimum Gasteiger partial charge on any atom is -0.317 e. The van der Waals surface area contributed by atoms with E-state index in [0.29, 0.717) is 5.78 Å². The molecular formula is C12H20N4O. The smallest absolute Gasteiger partial charge is 0.146 e. The molecular weight excluding hydrogens is 216 g/mol. The first-order valence-electron chi connectivity index (χ1n) is 6.15.